The smallest absolute Gasteiger partial charge is 0.326 e. The first-order chi connectivity index (χ1) is 21.6. The number of aliphatic hydroxyl groups excluding tert-OH is 1. The lowest BCUT2D eigenvalue weighted by Gasteiger charge is -2.35. The molecule has 1 amide bonds. The average Bonchev–Trinajstić information content (AvgIpc) is 3.61. The zero-order valence-corrected chi connectivity index (χ0v) is 24.6. The Labute approximate surface area is 255 Å². The Kier molecular flexibility index (Phi) is 8.08. The first-order valence-electron chi connectivity index (χ1n) is 15.5. The van der Waals surface area contributed by atoms with E-state index in [9.17, 15) is 9.59 Å². The molecule has 1 aromatic heterocycles. The number of hydrogen-bond acceptors (Lipinski definition) is 6. The lowest BCUT2D eigenvalue weighted by molar-refractivity contribution is -0.157. The number of benzene rings is 3. The molecule has 0 radical (unpaired) electrons. The highest BCUT2D eigenvalue weighted by Crippen LogP contribution is 2.43. The lowest BCUT2D eigenvalue weighted by atomic mass is 9.87. The normalized spacial score (nSPS) is 19.8. The van der Waals surface area contributed by atoms with Gasteiger partial charge in [-0.25, -0.2) is 4.79 Å². The Bertz CT molecular complexity index is 1750. The van der Waals surface area contributed by atoms with Crippen LogP contribution < -0.4 is 5.69 Å². The van der Waals surface area contributed by atoms with Crippen LogP contribution in [0.25, 0.3) is 22.2 Å². The zero-order valence-electron chi connectivity index (χ0n) is 24.6. The SMILES string of the molecule is O=C(C1=CC(c2cccc3c2Cc2ccccc2-3)CC(OCCOCCO)O1)N1CCC(n2c(=O)[nH]c3ccccc32)CC1. The predicted molar refractivity (Wildman–Crippen MR) is 166 cm³/mol. The van der Waals surface area contributed by atoms with E-state index in [1.54, 1.807) is 0 Å². The number of hydrogen-bond donors (Lipinski definition) is 2. The van der Waals surface area contributed by atoms with Crippen molar-refractivity contribution in [2.45, 2.75) is 43.9 Å². The van der Waals surface area contributed by atoms with E-state index in [0.717, 1.165) is 17.5 Å². The first kappa shape index (κ1) is 28.6. The van der Waals surface area contributed by atoms with E-state index >= 15 is 0 Å². The molecule has 9 nitrogen and oxygen atoms in total. The van der Waals surface area contributed by atoms with Gasteiger partial charge in [0.1, 0.15) is 0 Å². The molecule has 3 heterocycles. The van der Waals surface area contributed by atoms with E-state index in [2.05, 4.69) is 47.4 Å². The molecule has 0 spiro atoms. The number of ether oxygens (including phenoxy) is 3. The summed E-state index contributed by atoms with van der Waals surface area (Å²) in [5, 5.41) is 9.01. The second-order valence-electron chi connectivity index (χ2n) is 11.7. The van der Waals surface area contributed by atoms with Crippen molar-refractivity contribution in [3.8, 4) is 11.1 Å². The lowest BCUT2D eigenvalue weighted by Crippen LogP contribution is -2.42. The van der Waals surface area contributed by atoms with Crippen LogP contribution in [0.1, 0.15) is 47.9 Å². The zero-order chi connectivity index (χ0) is 30.0. The summed E-state index contributed by atoms with van der Waals surface area (Å²) in [6, 6.07) is 22.7. The summed E-state index contributed by atoms with van der Waals surface area (Å²) in [6.45, 7) is 1.88. The van der Waals surface area contributed by atoms with Gasteiger partial charge in [-0.2, -0.15) is 0 Å². The van der Waals surface area contributed by atoms with Gasteiger partial charge < -0.3 is 29.2 Å². The quantitative estimate of drug-likeness (QED) is 0.243. The van der Waals surface area contributed by atoms with E-state index in [4.69, 9.17) is 19.3 Å². The Morgan fingerprint density at radius 2 is 1.75 bits per heavy atom. The molecule has 2 N–H and O–H groups in total. The van der Waals surface area contributed by atoms with Gasteiger partial charge in [-0.3, -0.25) is 9.36 Å². The number of H-pyrrole nitrogens is 1. The number of carbonyl (C=O) groups excluding carboxylic acids is 1. The number of para-hydroxylation sites is 2. The molecule has 3 aliphatic rings. The topological polar surface area (TPSA) is 106 Å². The van der Waals surface area contributed by atoms with Crippen molar-refractivity contribution < 1.29 is 24.1 Å². The van der Waals surface area contributed by atoms with Crippen molar-refractivity contribution in [3.05, 3.63) is 106 Å². The predicted octanol–water partition coefficient (Wildman–Crippen LogP) is 4.50. The molecule has 1 aliphatic carbocycles. The maximum absolute atomic E-state index is 13.9. The molecule has 0 saturated carbocycles. The van der Waals surface area contributed by atoms with E-state index in [1.807, 2.05) is 39.8 Å². The third-order valence-electron chi connectivity index (χ3n) is 9.06. The fourth-order valence-electron chi connectivity index (χ4n) is 6.98. The van der Waals surface area contributed by atoms with Gasteiger partial charge in [-0.05, 0) is 65.3 Å². The number of nitrogens with one attached hydrogen (secondary N) is 1. The van der Waals surface area contributed by atoms with Crippen LogP contribution in [0.15, 0.2) is 83.4 Å². The van der Waals surface area contributed by atoms with Gasteiger partial charge in [0.2, 0.25) is 6.29 Å². The summed E-state index contributed by atoms with van der Waals surface area (Å²) in [5.41, 5.74) is 7.91. The van der Waals surface area contributed by atoms with E-state index in [1.165, 1.54) is 27.8 Å². The van der Waals surface area contributed by atoms with E-state index < -0.39 is 6.29 Å². The summed E-state index contributed by atoms with van der Waals surface area (Å²) >= 11 is 0. The average molecular weight is 596 g/mol. The Balaban J connectivity index is 1.11. The molecular formula is C35H37N3O6. The van der Waals surface area contributed by atoms with Gasteiger partial charge in [-0.15, -0.1) is 0 Å². The minimum absolute atomic E-state index is 0.0141. The van der Waals surface area contributed by atoms with Crippen molar-refractivity contribution in [1.82, 2.24) is 14.5 Å². The second-order valence-corrected chi connectivity index (χ2v) is 11.7. The molecule has 1 fully saturated rings. The first-order valence-corrected chi connectivity index (χ1v) is 15.5. The summed E-state index contributed by atoms with van der Waals surface area (Å²) < 4.78 is 19.5. The van der Waals surface area contributed by atoms with Gasteiger partial charge >= 0.3 is 5.69 Å². The summed E-state index contributed by atoms with van der Waals surface area (Å²) in [7, 11) is 0. The number of amides is 1. The molecule has 3 aromatic carbocycles. The maximum Gasteiger partial charge on any atom is 0.326 e. The molecule has 0 bridgehead atoms. The number of aromatic amines is 1. The number of rotatable bonds is 9. The van der Waals surface area contributed by atoms with Crippen molar-refractivity contribution >= 4 is 16.9 Å². The number of aromatic nitrogens is 2. The second kappa shape index (κ2) is 12.4. The van der Waals surface area contributed by atoms with Crippen LogP contribution in [-0.2, 0) is 25.4 Å². The number of fused-ring (bicyclic) bond motifs is 4. The number of piperidine rings is 1. The van der Waals surface area contributed by atoms with Crippen LogP contribution in [-0.4, -0.2) is 71.3 Å². The van der Waals surface area contributed by atoms with Gasteiger partial charge in [0.25, 0.3) is 5.91 Å². The molecule has 2 aliphatic heterocycles. The van der Waals surface area contributed by atoms with Crippen molar-refractivity contribution in [1.29, 1.82) is 0 Å². The fourth-order valence-corrected chi connectivity index (χ4v) is 6.98. The van der Waals surface area contributed by atoms with Crippen LogP contribution >= 0.6 is 0 Å². The molecule has 9 heteroatoms. The highest BCUT2D eigenvalue weighted by atomic mass is 16.7. The number of allylic oxidation sites excluding steroid dienone is 1. The Hall–Kier alpha value is -4.18. The molecule has 44 heavy (non-hydrogen) atoms. The maximum atomic E-state index is 13.9. The minimum Gasteiger partial charge on any atom is -0.459 e. The third kappa shape index (κ3) is 5.47. The molecular weight excluding hydrogens is 558 g/mol. The van der Waals surface area contributed by atoms with E-state index in [0.29, 0.717) is 51.3 Å². The van der Waals surface area contributed by atoms with Gasteiger partial charge in [-0.1, -0.05) is 54.6 Å². The third-order valence-corrected chi connectivity index (χ3v) is 9.06. The molecule has 2 unspecified atom stereocenters. The largest absolute Gasteiger partial charge is 0.459 e. The van der Waals surface area contributed by atoms with Gasteiger partial charge in [0.15, 0.2) is 5.76 Å². The van der Waals surface area contributed by atoms with Gasteiger partial charge in [0, 0.05) is 31.5 Å². The summed E-state index contributed by atoms with van der Waals surface area (Å²) in [6.07, 6.45) is 4.16. The van der Waals surface area contributed by atoms with Crippen molar-refractivity contribution in [3.63, 3.8) is 0 Å². The fraction of sp³-hybridized carbons (Fsp3) is 0.371. The van der Waals surface area contributed by atoms with E-state index in [-0.39, 0.29) is 36.8 Å². The minimum atomic E-state index is -0.608. The molecule has 228 valence electrons. The van der Waals surface area contributed by atoms with Crippen LogP contribution in [0, 0.1) is 0 Å². The molecule has 4 aromatic rings. The van der Waals surface area contributed by atoms with Crippen LogP contribution in [0.4, 0.5) is 0 Å². The monoisotopic (exact) mass is 595 g/mol. The van der Waals surface area contributed by atoms with Crippen molar-refractivity contribution in [2.75, 3.05) is 39.5 Å². The van der Waals surface area contributed by atoms with Crippen molar-refractivity contribution in [2.24, 2.45) is 0 Å². The number of aliphatic hydroxyl groups is 1. The molecule has 2 atom stereocenters. The number of imidazole rings is 1. The molecule has 1 saturated heterocycles. The Morgan fingerprint density at radius 3 is 2.61 bits per heavy atom. The highest BCUT2D eigenvalue weighted by molar-refractivity contribution is 5.92. The number of likely N-dealkylation sites (tertiary alicyclic amines) is 1. The highest BCUT2D eigenvalue weighted by Gasteiger charge is 2.35. The Morgan fingerprint density at radius 1 is 0.955 bits per heavy atom. The molecule has 7 rings (SSSR count). The van der Waals surface area contributed by atoms with Crippen LogP contribution in [0.3, 0.4) is 0 Å². The summed E-state index contributed by atoms with van der Waals surface area (Å²) in [4.78, 5) is 31.5. The number of nitrogens with zero attached hydrogens (tertiary/aromatic N) is 2. The van der Waals surface area contributed by atoms with Crippen LogP contribution in [0.2, 0.25) is 0 Å². The van der Waals surface area contributed by atoms with Crippen LogP contribution in [0.5, 0.6) is 0 Å². The summed E-state index contributed by atoms with van der Waals surface area (Å²) in [5.74, 6) is 0.0939. The number of carbonyl (C=O) groups is 1. The standard InChI is InChI=1S/C35H37N3O6/c39-16-17-42-18-19-43-33-22-24(27-8-5-9-28-26-7-2-1-6-23(26)20-29(27)28)21-32(44-33)34(40)37-14-12-25(13-15-37)38-31-11-4-3-10-30(31)36-35(38)41/h1-11,21,24-25,33,39H,12-20,22H2,(H,36,41). The van der Waals surface area contributed by atoms with Gasteiger partial charge in [0.05, 0.1) is 37.5 Å².